The monoisotopic (exact) mass is 519 g/mol. The van der Waals surface area contributed by atoms with Gasteiger partial charge in [-0.15, -0.1) is 0 Å². The van der Waals surface area contributed by atoms with Crippen LogP contribution >= 0.6 is 0 Å². The molecule has 0 radical (unpaired) electrons. The maximum atomic E-state index is 13.0. The minimum absolute atomic E-state index is 0.0925. The van der Waals surface area contributed by atoms with Crippen molar-refractivity contribution >= 4 is 5.91 Å². The Morgan fingerprint density at radius 3 is 1.91 bits per heavy atom. The van der Waals surface area contributed by atoms with Gasteiger partial charge in [0, 0.05) is 19.6 Å². The van der Waals surface area contributed by atoms with Gasteiger partial charge in [-0.2, -0.15) is 39.5 Å². The van der Waals surface area contributed by atoms with Gasteiger partial charge in [-0.1, -0.05) is 0 Å². The van der Waals surface area contributed by atoms with Crippen LogP contribution in [0, 0.1) is 11.3 Å². The van der Waals surface area contributed by atoms with Crippen LogP contribution in [0.4, 0.5) is 39.5 Å². The molecule has 0 spiro atoms. The molecule has 1 amide bonds. The largest absolute Gasteiger partial charge is 0.416 e. The Morgan fingerprint density at radius 1 is 0.914 bits per heavy atom. The van der Waals surface area contributed by atoms with E-state index in [4.69, 9.17) is 0 Å². The van der Waals surface area contributed by atoms with Crippen molar-refractivity contribution in [3.8, 4) is 0 Å². The maximum Gasteiger partial charge on any atom is 0.416 e. The third-order valence-corrected chi connectivity index (χ3v) is 6.56. The van der Waals surface area contributed by atoms with Crippen molar-refractivity contribution in [2.75, 3.05) is 32.7 Å². The lowest BCUT2D eigenvalue weighted by atomic mass is 9.96. The van der Waals surface area contributed by atoms with E-state index < -0.39 is 41.0 Å². The number of likely N-dealkylation sites (tertiary alicyclic amines) is 1. The number of carbonyl (C=O) groups excluding carboxylic acids is 1. The lowest BCUT2D eigenvalue weighted by Crippen LogP contribution is -2.45. The lowest BCUT2D eigenvalue weighted by Gasteiger charge is -2.32. The molecule has 2 fully saturated rings. The van der Waals surface area contributed by atoms with Gasteiger partial charge in [0.1, 0.15) is 5.41 Å². The van der Waals surface area contributed by atoms with Gasteiger partial charge in [0.25, 0.3) is 0 Å². The summed E-state index contributed by atoms with van der Waals surface area (Å²) in [6.07, 6.45) is -13.3. The first-order chi connectivity index (χ1) is 16.1. The smallest absolute Gasteiger partial charge is 0.354 e. The van der Waals surface area contributed by atoms with Crippen LogP contribution in [0.5, 0.6) is 0 Å². The molecule has 1 aromatic rings. The zero-order valence-electron chi connectivity index (χ0n) is 18.6. The second-order valence-electron chi connectivity index (χ2n) is 9.17. The standard InChI is InChI=1S/C22H26F9N3O/c23-20(24,25)16-9-15(10-17(11-16)21(26,27)28)13-32-12-14-1-6-34(7-2-14)8-5-33-18(35)19(3-4-19)22(29,30)31/h9-11,14,32H,1-8,12-13H2,(H,33,35). The Balaban J connectivity index is 1.40. The summed E-state index contributed by atoms with van der Waals surface area (Å²) < 4.78 is 117. The summed E-state index contributed by atoms with van der Waals surface area (Å²) in [5, 5.41) is 5.28. The highest BCUT2D eigenvalue weighted by Crippen LogP contribution is 2.57. The normalized spacial score (nSPS) is 19.6. The number of carbonyl (C=O) groups is 1. The van der Waals surface area contributed by atoms with Gasteiger partial charge in [-0.3, -0.25) is 4.79 Å². The highest BCUT2D eigenvalue weighted by atomic mass is 19.4. The Kier molecular flexibility index (Phi) is 8.00. The number of rotatable bonds is 8. The summed E-state index contributed by atoms with van der Waals surface area (Å²) in [5.74, 6) is -0.846. The first-order valence-corrected chi connectivity index (χ1v) is 11.2. The van der Waals surface area contributed by atoms with Gasteiger partial charge < -0.3 is 15.5 Å². The van der Waals surface area contributed by atoms with Crippen molar-refractivity contribution in [1.82, 2.24) is 15.5 Å². The number of alkyl halides is 9. The molecule has 0 atom stereocenters. The number of hydrogen-bond acceptors (Lipinski definition) is 3. The average molecular weight is 519 g/mol. The predicted molar refractivity (Wildman–Crippen MR) is 108 cm³/mol. The van der Waals surface area contributed by atoms with Gasteiger partial charge in [0.15, 0.2) is 0 Å². The number of benzene rings is 1. The van der Waals surface area contributed by atoms with Gasteiger partial charge in [0.05, 0.1) is 11.1 Å². The van der Waals surface area contributed by atoms with Crippen LogP contribution in [0.3, 0.4) is 0 Å². The second kappa shape index (κ2) is 10.2. The van der Waals surface area contributed by atoms with E-state index in [0.717, 1.165) is 0 Å². The Labute approximate surface area is 196 Å². The molecule has 2 aliphatic rings. The summed E-state index contributed by atoms with van der Waals surface area (Å²) in [7, 11) is 0. The van der Waals surface area contributed by atoms with E-state index in [-0.39, 0.29) is 43.5 Å². The van der Waals surface area contributed by atoms with Crippen molar-refractivity contribution in [3.63, 3.8) is 0 Å². The Bertz CT molecular complexity index is 851. The Hall–Kier alpha value is -2.02. The van der Waals surface area contributed by atoms with Crippen LogP contribution < -0.4 is 10.6 Å². The van der Waals surface area contributed by atoms with Crippen molar-refractivity contribution < 1.29 is 44.3 Å². The highest BCUT2D eigenvalue weighted by Gasteiger charge is 2.68. The summed E-state index contributed by atoms with van der Waals surface area (Å²) >= 11 is 0. The molecular formula is C22H26F9N3O. The second-order valence-corrected chi connectivity index (χ2v) is 9.17. The minimum Gasteiger partial charge on any atom is -0.354 e. The van der Waals surface area contributed by atoms with Crippen LogP contribution in [0.2, 0.25) is 0 Å². The molecule has 1 saturated carbocycles. The van der Waals surface area contributed by atoms with E-state index in [1.54, 1.807) is 0 Å². The first kappa shape index (κ1) is 27.6. The van der Waals surface area contributed by atoms with E-state index in [1.807, 2.05) is 4.90 Å². The molecule has 13 heteroatoms. The fourth-order valence-electron chi connectivity index (χ4n) is 4.22. The van der Waals surface area contributed by atoms with E-state index in [1.165, 1.54) is 0 Å². The molecular weight excluding hydrogens is 493 g/mol. The van der Waals surface area contributed by atoms with Crippen molar-refractivity contribution in [1.29, 1.82) is 0 Å². The van der Waals surface area contributed by atoms with Crippen LogP contribution in [0.15, 0.2) is 18.2 Å². The number of nitrogens with one attached hydrogen (secondary N) is 2. The summed E-state index contributed by atoms with van der Waals surface area (Å²) in [4.78, 5) is 13.9. The maximum absolute atomic E-state index is 13.0. The van der Waals surface area contributed by atoms with Crippen LogP contribution in [0.1, 0.15) is 42.4 Å². The number of nitrogens with zero attached hydrogens (tertiary/aromatic N) is 1. The van der Waals surface area contributed by atoms with Gasteiger partial charge in [0.2, 0.25) is 5.91 Å². The van der Waals surface area contributed by atoms with Gasteiger partial charge in [-0.05, 0) is 75.0 Å². The van der Waals surface area contributed by atoms with Crippen LogP contribution in [-0.2, 0) is 23.7 Å². The molecule has 198 valence electrons. The van der Waals surface area contributed by atoms with E-state index in [9.17, 15) is 44.3 Å². The number of halogens is 9. The van der Waals surface area contributed by atoms with Crippen LogP contribution in [0.25, 0.3) is 0 Å². The summed E-state index contributed by atoms with van der Waals surface area (Å²) in [6, 6.07) is 1.49. The molecule has 0 aromatic heterocycles. The molecule has 1 heterocycles. The molecule has 1 aliphatic heterocycles. The van der Waals surface area contributed by atoms with Crippen LogP contribution in [-0.4, -0.2) is 49.7 Å². The zero-order chi connectivity index (χ0) is 26.1. The topological polar surface area (TPSA) is 44.4 Å². The van der Waals surface area contributed by atoms with E-state index >= 15 is 0 Å². The predicted octanol–water partition coefficient (Wildman–Crippen LogP) is 4.98. The lowest BCUT2D eigenvalue weighted by molar-refractivity contribution is -0.192. The summed E-state index contributed by atoms with van der Waals surface area (Å²) in [6.45, 7) is 1.97. The fourth-order valence-corrected chi connectivity index (χ4v) is 4.22. The molecule has 4 nitrogen and oxygen atoms in total. The zero-order valence-corrected chi connectivity index (χ0v) is 18.6. The molecule has 35 heavy (non-hydrogen) atoms. The number of hydrogen-bond donors (Lipinski definition) is 2. The van der Waals surface area contributed by atoms with E-state index in [0.29, 0.717) is 51.2 Å². The molecule has 0 bridgehead atoms. The molecule has 1 aliphatic carbocycles. The fraction of sp³-hybridized carbons (Fsp3) is 0.682. The average Bonchev–Trinajstić information content (AvgIpc) is 3.56. The van der Waals surface area contributed by atoms with Gasteiger partial charge in [-0.25, -0.2) is 0 Å². The summed E-state index contributed by atoms with van der Waals surface area (Å²) in [5.41, 5.74) is -5.07. The number of amides is 1. The van der Waals surface area contributed by atoms with Crippen molar-refractivity contribution in [2.24, 2.45) is 11.3 Å². The minimum atomic E-state index is -4.89. The molecule has 3 rings (SSSR count). The number of piperidine rings is 1. The highest BCUT2D eigenvalue weighted by molar-refractivity contribution is 5.86. The van der Waals surface area contributed by atoms with E-state index in [2.05, 4.69) is 10.6 Å². The molecule has 1 saturated heterocycles. The van der Waals surface area contributed by atoms with Crippen molar-refractivity contribution in [2.45, 2.75) is 50.8 Å². The van der Waals surface area contributed by atoms with Gasteiger partial charge >= 0.3 is 18.5 Å². The quantitative estimate of drug-likeness (QED) is 0.476. The van der Waals surface area contributed by atoms with Crippen molar-refractivity contribution in [3.05, 3.63) is 34.9 Å². The third kappa shape index (κ3) is 7.02. The first-order valence-electron chi connectivity index (χ1n) is 11.2. The third-order valence-electron chi connectivity index (χ3n) is 6.56. The molecule has 2 N–H and O–H groups in total. The SMILES string of the molecule is O=C(NCCN1CCC(CNCc2cc(C(F)(F)F)cc(C(F)(F)F)c2)CC1)C1(C(F)(F)F)CC1. The molecule has 1 aromatic carbocycles. The Morgan fingerprint density at radius 2 is 1.46 bits per heavy atom. The molecule has 0 unspecified atom stereocenters.